The highest BCUT2D eigenvalue weighted by atomic mass is 35.5. The maximum Gasteiger partial charge on any atom is 0.253 e. The standard InChI is InChI=1S/C16H18ClN3O/c1-3-18-15-14(17)9-13(10-19-15)16(21)20-11(2)12-7-5-4-6-8-12/h4-11H,3H2,1-2H3,(H,18,19)(H,20,21). The van der Waals surface area contributed by atoms with Crippen LogP contribution in [0.3, 0.4) is 0 Å². The zero-order chi connectivity index (χ0) is 15.2. The van der Waals surface area contributed by atoms with Crippen molar-refractivity contribution in [1.29, 1.82) is 0 Å². The van der Waals surface area contributed by atoms with Crippen LogP contribution in [0.4, 0.5) is 5.82 Å². The van der Waals surface area contributed by atoms with E-state index in [1.807, 2.05) is 44.2 Å². The van der Waals surface area contributed by atoms with Crippen LogP contribution in [0, 0.1) is 0 Å². The molecule has 2 N–H and O–H groups in total. The van der Waals surface area contributed by atoms with Crippen molar-refractivity contribution >= 4 is 23.3 Å². The molecule has 0 fully saturated rings. The van der Waals surface area contributed by atoms with Crippen LogP contribution in [-0.4, -0.2) is 17.4 Å². The van der Waals surface area contributed by atoms with Gasteiger partial charge in [-0.2, -0.15) is 0 Å². The number of nitrogens with one attached hydrogen (secondary N) is 2. The lowest BCUT2D eigenvalue weighted by molar-refractivity contribution is 0.0939. The van der Waals surface area contributed by atoms with Crippen LogP contribution in [0.25, 0.3) is 0 Å². The van der Waals surface area contributed by atoms with E-state index in [1.165, 1.54) is 6.20 Å². The summed E-state index contributed by atoms with van der Waals surface area (Å²) in [5.41, 5.74) is 1.50. The fraction of sp³-hybridized carbons (Fsp3) is 0.250. The van der Waals surface area contributed by atoms with Gasteiger partial charge >= 0.3 is 0 Å². The number of carbonyl (C=O) groups excluding carboxylic acids is 1. The second kappa shape index (κ2) is 7.09. The Kier molecular flexibility index (Phi) is 5.17. The third kappa shape index (κ3) is 3.95. The number of carbonyl (C=O) groups is 1. The Bertz CT molecular complexity index is 616. The number of benzene rings is 1. The topological polar surface area (TPSA) is 54.0 Å². The highest BCUT2D eigenvalue weighted by Crippen LogP contribution is 2.20. The monoisotopic (exact) mass is 303 g/mol. The number of pyridine rings is 1. The predicted molar refractivity (Wildman–Crippen MR) is 85.7 cm³/mol. The van der Waals surface area contributed by atoms with Crippen LogP contribution in [0.2, 0.25) is 5.02 Å². The van der Waals surface area contributed by atoms with E-state index in [4.69, 9.17) is 11.6 Å². The van der Waals surface area contributed by atoms with Crippen LogP contribution < -0.4 is 10.6 Å². The fourth-order valence-electron chi connectivity index (χ4n) is 1.96. The zero-order valence-corrected chi connectivity index (χ0v) is 12.8. The minimum absolute atomic E-state index is 0.0779. The molecule has 0 spiro atoms. The zero-order valence-electron chi connectivity index (χ0n) is 12.1. The van der Waals surface area contributed by atoms with Gasteiger partial charge in [-0.3, -0.25) is 4.79 Å². The molecule has 1 amide bonds. The molecule has 1 atom stereocenters. The molecule has 0 saturated carbocycles. The van der Waals surface area contributed by atoms with E-state index in [2.05, 4.69) is 15.6 Å². The summed E-state index contributed by atoms with van der Waals surface area (Å²) in [6.45, 7) is 4.62. The van der Waals surface area contributed by atoms with Gasteiger partial charge in [-0.05, 0) is 25.5 Å². The van der Waals surface area contributed by atoms with Gasteiger partial charge in [-0.25, -0.2) is 4.98 Å². The number of hydrogen-bond acceptors (Lipinski definition) is 3. The molecule has 4 nitrogen and oxygen atoms in total. The number of nitrogens with zero attached hydrogens (tertiary/aromatic N) is 1. The van der Waals surface area contributed by atoms with E-state index in [9.17, 15) is 4.79 Å². The molecule has 1 aromatic carbocycles. The van der Waals surface area contributed by atoms with Gasteiger partial charge in [-0.15, -0.1) is 0 Å². The minimum atomic E-state index is -0.191. The molecule has 21 heavy (non-hydrogen) atoms. The van der Waals surface area contributed by atoms with Gasteiger partial charge in [0.15, 0.2) is 0 Å². The summed E-state index contributed by atoms with van der Waals surface area (Å²) in [4.78, 5) is 16.4. The van der Waals surface area contributed by atoms with Gasteiger partial charge < -0.3 is 10.6 Å². The Morgan fingerprint density at radius 2 is 2.05 bits per heavy atom. The first-order valence-corrected chi connectivity index (χ1v) is 7.24. The summed E-state index contributed by atoms with van der Waals surface area (Å²) in [7, 11) is 0. The van der Waals surface area contributed by atoms with Crippen molar-refractivity contribution in [3.05, 3.63) is 58.7 Å². The third-order valence-corrected chi connectivity index (χ3v) is 3.38. The van der Waals surface area contributed by atoms with Crippen molar-refractivity contribution in [2.24, 2.45) is 0 Å². The van der Waals surface area contributed by atoms with Crippen molar-refractivity contribution in [1.82, 2.24) is 10.3 Å². The Balaban J connectivity index is 2.08. The smallest absolute Gasteiger partial charge is 0.253 e. The average Bonchev–Trinajstić information content (AvgIpc) is 2.50. The number of rotatable bonds is 5. The first-order valence-electron chi connectivity index (χ1n) is 6.87. The second-order valence-corrected chi connectivity index (χ2v) is 5.10. The Hall–Kier alpha value is -2.07. The lowest BCUT2D eigenvalue weighted by Gasteiger charge is -2.14. The van der Waals surface area contributed by atoms with Crippen LogP contribution in [0.1, 0.15) is 35.8 Å². The van der Waals surface area contributed by atoms with Gasteiger partial charge in [0.05, 0.1) is 16.6 Å². The molecule has 1 unspecified atom stereocenters. The van der Waals surface area contributed by atoms with Crippen LogP contribution in [0.15, 0.2) is 42.6 Å². The minimum Gasteiger partial charge on any atom is -0.369 e. The molecule has 110 valence electrons. The molecule has 0 radical (unpaired) electrons. The van der Waals surface area contributed by atoms with Gasteiger partial charge in [0.2, 0.25) is 0 Å². The lowest BCUT2D eigenvalue weighted by Crippen LogP contribution is -2.26. The van der Waals surface area contributed by atoms with E-state index < -0.39 is 0 Å². The number of amides is 1. The molecule has 2 rings (SSSR count). The van der Waals surface area contributed by atoms with Gasteiger partial charge in [0, 0.05) is 12.7 Å². The summed E-state index contributed by atoms with van der Waals surface area (Å²) >= 11 is 6.10. The van der Waals surface area contributed by atoms with Crippen molar-refractivity contribution in [3.63, 3.8) is 0 Å². The molecular formula is C16H18ClN3O. The van der Waals surface area contributed by atoms with Crippen LogP contribution >= 0.6 is 11.6 Å². The van der Waals surface area contributed by atoms with E-state index in [0.717, 1.165) is 12.1 Å². The van der Waals surface area contributed by atoms with E-state index in [0.29, 0.717) is 16.4 Å². The van der Waals surface area contributed by atoms with Crippen molar-refractivity contribution in [3.8, 4) is 0 Å². The van der Waals surface area contributed by atoms with Crippen molar-refractivity contribution in [2.45, 2.75) is 19.9 Å². The first kappa shape index (κ1) is 15.3. The lowest BCUT2D eigenvalue weighted by atomic mass is 10.1. The van der Waals surface area contributed by atoms with Gasteiger partial charge in [-0.1, -0.05) is 41.9 Å². The van der Waals surface area contributed by atoms with Gasteiger partial charge in [0.1, 0.15) is 5.82 Å². The predicted octanol–water partition coefficient (Wildman–Crippen LogP) is 3.66. The summed E-state index contributed by atoms with van der Waals surface area (Å²) in [6, 6.07) is 11.3. The van der Waals surface area contributed by atoms with E-state index in [1.54, 1.807) is 6.07 Å². The SMILES string of the molecule is CCNc1ncc(C(=O)NC(C)c2ccccc2)cc1Cl. The molecule has 5 heteroatoms. The number of anilines is 1. The molecule has 2 aromatic rings. The molecule has 0 bridgehead atoms. The normalized spacial score (nSPS) is 11.8. The molecule has 1 heterocycles. The first-order chi connectivity index (χ1) is 10.1. The van der Waals surface area contributed by atoms with Crippen LogP contribution in [0.5, 0.6) is 0 Å². The van der Waals surface area contributed by atoms with Crippen LogP contribution in [-0.2, 0) is 0 Å². The number of aromatic nitrogens is 1. The van der Waals surface area contributed by atoms with Crippen molar-refractivity contribution < 1.29 is 4.79 Å². The highest BCUT2D eigenvalue weighted by Gasteiger charge is 2.13. The van der Waals surface area contributed by atoms with E-state index >= 15 is 0 Å². The molecule has 0 aliphatic rings. The molecule has 0 aliphatic carbocycles. The number of halogens is 1. The summed E-state index contributed by atoms with van der Waals surface area (Å²) in [5.74, 6) is 0.399. The molecule has 1 aromatic heterocycles. The second-order valence-electron chi connectivity index (χ2n) is 4.69. The maximum atomic E-state index is 12.2. The average molecular weight is 304 g/mol. The summed E-state index contributed by atoms with van der Waals surface area (Å²) in [6.07, 6.45) is 1.52. The Morgan fingerprint density at radius 1 is 1.33 bits per heavy atom. The Morgan fingerprint density at radius 3 is 2.67 bits per heavy atom. The maximum absolute atomic E-state index is 12.2. The molecule has 0 saturated heterocycles. The van der Waals surface area contributed by atoms with Crippen molar-refractivity contribution in [2.75, 3.05) is 11.9 Å². The Labute approximate surface area is 129 Å². The number of hydrogen-bond donors (Lipinski definition) is 2. The molecule has 0 aliphatic heterocycles. The summed E-state index contributed by atoms with van der Waals surface area (Å²) < 4.78 is 0. The highest BCUT2D eigenvalue weighted by molar-refractivity contribution is 6.33. The fourth-order valence-corrected chi connectivity index (χ4v) is 2.20. The molecular weight excluding hydrogens is 286 g/mol. The largest absolute Gasteiger partial charge is 0.369 e. The third-order valence-electron chi connectivity index (χ3n) is 3.09. The quantitative estimate of drug-likeness (QED) is 0.886. The van der Waals surface area contributed by atoms with Gasteiger partial charge in [0.25, 0.3) is 5.91 Å². The summed E-state index contributed by atoms with van der Waals surface area (Å²) in [5, 5.41) is 6.41. The van der Waals surface area contributed by atoms with E-state index in [-0.39, 0.29) is 11.9 Å².